The maximum absolute atomic E-state index is 9.04. The van der Waals surface area contributed by atoms with Crippen molar-refractivity contribution in [1.29, 1.82) is 0 Å². The van der Waals surface area contributed by atoms with E-state index in [9.17, 15) is 0 Å². The number of piperidine rings is 1. The van der Waals surface area contributed by atoms with E-state index >= 15 is 0 Å². The minimum absolute atomic E-state index is 0.0169. The summed E-state index contributed by atoms with van der Waals surface area (Å²) < 4.78 is 0. The number of aliphatic hydroxyl groups is 2. The van der Waals surface area contributed by atoms with Gasteiger partial charge < -0.3 is 20.4 Å². The maximum atomic E-state index is 9.04. The van der Waals surface area contributed by atoms with Gasteiger partial charge in [-0.1, -0.05) is 6.07 Å². The van der Waals surface area contributed by atoms with E-state index in [2.05, 4.69) is 15.2 Å². The van der Waals surface area contributed by atoms with Gasteiger partial charge in [0.15, 0.2) is 0 Å². The van der Waals surface area contributed by atoms with Crippen LogP contribution in [0.3, 0.4) is 0 Å². The van der Waals surface area contributed by atoms with Gasteiger partial charge in [0.25, 0.3) is 0 Å². The molecule has 100 valence electrons. The van der Waals surface area contributed by atoms with E-state index in [0.717, 1.165) is 31.7 Å². The van der Waals surface area contributed by atoms with Crippen LogP contribution in [0, 0.1) is 0 Å². The molecule has 0 saturated carbocycles. The highest BCUT2D eigenvalue weighted by atomic mass is 16.3. The first-order valence-electron chi connectivity index (χ1n) is 6.47. The van der Waals surface area contributed by atoms with Gasteiger partial charge in [0, 0.05) is 25.3 Å². The van der Waals surface area contributed by atoms with Crippen LogP contribution in [-0.2, 0) is 0 Å². The van der Waals surface area contributed by atoms with Gasteiger partial charge in [-0.25, -0.2) is 4.98 Å². The largest absolute Gasteiger partial charge is 0.395 e. The second kappa shape index (κ2) is 6.68. The number of rotatable bonds is 5. The molecule has 0 unspecified atom stereocenters. The van der Waals surface area contributed by atoms with Gasteiger partial charge in [-0.3, -0.25) is 0 Å². The molecule has 1 fully saturated rings. The summed E-state index contributed by atoms with van der Waals surface area (Å²) >= 11 is 0. The Labute approximate surface area is 107 Å². The predicted octanol–water partition coefficient (Wildman–Crippen LogP) is -0.00680. The summed E-state index contributed by atoms with van der Waals surface area (Å²) in [6.45, 7) is 1.88. The quantitative estimate of drug-likeness (QED) is 0.687. The summed E-state index contributed by atoms with van der Waals surface area (Å²) in [5.74, 6) is 1.02. The fraction of sp³-hybridized carbons (Fsp3) is 0.615. The van der Waals surface area contributed by atoms with Crippen molar-refractivity contribution in [3.8, 4) is 0 Å². The second-order valence-electron chi connectivity index (χ2n) is 4.68. The van der Waals surface area contributed by atoms with E-state index in [1.807, 2.05) is 24.4 Å². The number of aliphatic hydroxyl groups excluding tert-OH is 2. The average molecular weight is 251 g/mol. The summed E-state index contributed by atoms with van der Waals surface area (Å²) in [7, 11) is 0. The maximum Gasteiger partial charge on any atom is 0.128 e. The van der Waals surface area contributed by atoms with Crippen molar-refractivity contribution < 1.29 is 10.2 Å². The molecule has 3 N–H and O–H groups in total. The Bertz CT molecular complexity index is 335. The van der Waals surface area contributed by atoms with Crippen LogP contribution in [0.15, 0.2) is 24.4 Å². The third-order valence-electron chi connectivity index (χ3n) is 3.38. The van der Waals surface area contributed by atoms with Crippen molar-refractivity contribution in [3.63, 3.8) is 0 Å². The van der Waals surface area contributed by atoms with Crippen LogP contribution in [0.25, 0.3) is 0 Å². The first-order chi connectivity index (χ1) is 8.83. The minimum atomic E-state index is -0.198. The highest BCUT2D eigenvalue weighted by Gasteiger charge is 2.21. The van der Waals surface area contributed by atoms with Gasteiger partial charge in [0.05, 0.1) is 19.3 Å². The molecule has 1 aromatic heterocycles. The Morgan fingerprint density at radius 2 is 2.00 bits per heavy atom. The van der Waals surface area contributed by atoms with Crippen molar-refractivity contribution in [1.82, 2.24) is 10.3 Å². The van der Waals surface area contributed by atoms with Gasteiger partial charge in [0.2, 0.25) is 0 Å². The molecule has 2 rings (SSSR count). The fourth-order valence-electron chi connectivity index (χ4n) is 2.31. The number of nitrogens with one attached hydrogen (secondary N) is 1. The Hall–Kier alpha value is -1.17. The van der Waals surface area contributed by atoms with Crippen molar-refractivity contribution >= 4 is 5.82 Å². The summed E-state index contributed by atoms with van der Waals surface area (Å²) in [5.41, 5.74) is 0. The van der Waals surface area contributed by atoms with E-state index in [1.165, 1.54) is 0 Å². The third kappa shape index (κ3) is 3.41. The minimum Gasteiger partial charge on any atom is -0.395 e. The standard InChI is InChI=1S/C13H21N3O2/c17-9-12(10-18)15-11-4-7-16(8-5-11)13-3-1-2-6-14-13/h1-3,6,11-12,15,17-18H,4-5,7-10H2. The van der Waals surface area contributed by atoms with Crippen molar-refractivity contribution in [3.05, 3.63) is 24.4 Å². The highest BCUT2D eigenvalue weighted by molar-refractivity contribution is 5.38. The van der Waals surface area contributed by atoms with Crippen LogP contribution in [0.1, 0.15) is 12.8 Å². The van der Waals surface area contributed by atoms with Gasteiger partial charge in [0.1, 0.15) is 5.82 Å². The zero-order valence-electron chi connectivity index (χ0n) is 10.5. The van der Waals surface area contributed by atoms with Crippen molar-refractivity contribution in [2.75, 3.05) is 31.2 Å². The molecule has 5 heteroatoms. The fourth-order valence-corrected chi connectivity index (χ4v) is 2.31. The van der Waals surface area contributed by atoms with Gasteiger partial charge in [-0.05, 0) is 25.0 Å². The predicted molar refractivity (Wildman–Crippen MR) is 70.6 cm³/mol. The van der Waals surface area contributed by atoms with Crippen LogP contribution in [0.5, 0.6) is 0 Å². The van der Waals surface area contributed by atoms with Crippen molar-refractivity contribution in [2.45, 2.75) is 24.9 Å². The SMILES string of the molecule is OCC(CO)NC1CCN(c2ccccn2)CC1. The van der Waals surface area contributed by atoms with Crippen LogP contribution in [0.4, 0.5) is 5.82 Å². The molecular formula is C13H21N3O2. The summed E-state index contributed by atoms with van der Waals surface area (Å²) in [4.78, 5) is 6.62. The van der Waals surface area contributed by atoms with E-state index in [0.29, 0.717) is 6.04 Å². The molecule has 1 aliphatic rings. The molecule has 1 aromatic rings. The Kier molecular flexibility index (Phi) is 4.92. The highest BCUT2D eigenvalue weighted by Crippen LogP contribution is 2.17. The van der Waals surface area contributed by atoms with Crippen LogP contribution in [0.2, 0.25) is 0 Å². The average Bonchev–Trinajstić information content (AvgIpc) is 2.46. The number of nitrogens with zero attached hydrogens (tertiary/aromatic N) is 2. The molecule has 0 atom stereocenters. The van der Waals surface area contributed by atoms with E-state index in [-0.39, 0.29) is 19.3 Å². The molecule has 0 aromatic carbocycles. The number of pyridine rings is 1. The molecule has 1 saturated heterocycles. The van der Waals surface area contributed by atoms with E-state index in [4.69, 9.17) is 10.2 Å². The molecule has 0 radical (unpaired) electrons. The monoisotopic (exact) mass is 251 g/mol. The van der Waals surface area contributed by atoms with Gasteiger partial charge >= 0.3 is 0 Å². The zero-order valence-corrected chi connectivity index (χ0v) is 10.5. The summed E-state index contributed by atoms with van der Waals surface area (Å²) in [6, 6.07) is 6.12. The lowest BCUT2D eigenvalue weighted by atomic mass is 10.0. The summed E-state index contributed by atoms with van der Waals surface area (Å²) in [5, 5.41) is 21.4. The third-order valence-corrected chi connectivity index (χ3v) is 3.38. The molecular weight excluding hydrogens is 230 g/mol. The zero-order chi connectivity index (χ0) is 12.8. The molecule has 0 amide bonds. The number of anilines is 1. The number of hydrogen-bond donors (Lipinski definition) is 3. The van der Waals surface area contributed by atoms with Crippen molar-refractivity contribution in [2.24, 2.45) is 0 Å². The second-order valence-corrected chi connectivity index (χ2v) is 4.68. The Morgan fingerprint density at radius 1 is 1.28 bits per heavy atom. The Balaban J connectivity index is 1.81. The van der Waals surface area contributed by atoms with Gasteiger partial charge in [-0.2, -0.15) is 0 Å². The topological polar surface area (TPSA) is 68.6 Å². The first kappa shape index (κ1) is 13.3. The molecule has 18 heavy (non-hydrogen) atoms. The van der Waals surface area contributed by atoms with Gasteiger partial charge in [-0.15, -0.1) is 0 Å². The number of hydrogen-bond acceptors (Lipinski definition) is 5. The smallest absolute Gasteiger partial charge is 0.128 e. The van der Waals surface area contributed by atoms with Crippen LogP contribution in [-0.4, -0.2) is 53.6 Å². The lowest BCUT2D eigenvalue weighted by molar-refractivity contribution is 0.157. The van der Waals surface area contributed by atoms with Crippen LogP contribution < -0.4 is 10.2 Å². The first-order valence-corrected chi connectivity index (χ1v) is 6.47. The lowest BCUT2D eigenvalue weighted by Gasteiger charge is -2.34. The lowest BCUT2D eigenvalue weighted by Crippen LogP contribution is -2.48. The molecule has 2 heterocycles. The molecule has 0 spiro atoms. The molecule has 0 bridgehead atoms. The molecule has 5 nitrogen and oxygen atoms in total. The Morgan fingerprint density at radius 3 is 2.56 bits per heavy atom. The normalized spacial score (nSPS) is 17.4. The molecule has 0 aliphatic carbocycles. The molecule has 1 aliphatic heterocycles. The van der Waals surface area contributed by atoms with E-state index < -0.39 is 0 Å². The van der Waals surface area contributed by atoms with Crippen LogP contribution >= 0.6 is 0 Å². The van der Waals surface area contributed by atoms with E-state index in [1.54, 1.807) is 0 Å². The summed E-state index contributed by atoms with van der Waals surface area (Å²) in [6.07, 6.45) is 3.83. The number of aromatic nitrogens is 1.